The molecule has 2 aliphatic heterocycles. The van der Waals surface area contributed by atoms with E-state index >= 15 is 0 Å². The number of hydrogen-bond donors (Lipinski definition) is 0. The minimum atomic E-state index is -0.0317. The van der Waals surface area contributed by atoms with E-state index in [4.69, 9.17) is 0 Å². The van der Waals surface area contributed by atoms with Crippen LogP contribution in [0.25, 0.3) is 71.0 Å². The van der Waals surface area contributed by atoms with Gasteiger partial charge in [-0.25, -0.2) is 0 Å². The summed E-state index contributed by atoms with van der Waals surface area (Å²) in [7, 11) is 0. The Balaban J connectivity index is 1.34. The normalized spacial score (nSPS) is 13.7. The third-order valence-corrected chi connectivity index (χ3v) is 12.7. The minimum absolute atomic E-state index is 0.0317. The number of anilines is 3. The van der Waals surface area contributed by atoms with Crippen LogP contribution in [0.15, 0.2) is 133 Å². The molecule has 0 amide bonds. The SMILES string of the molecule is CC(C)(C)c1ccc2c(c1)c1cc(C(C)(C)C)cc3c1n2B1c2cccc4c5cccc6c7c(N(c8ccccc8)c8ccccc8)cc-3c1c7n(c24)c56. The number of para-hydroxylation sites is 4. The molecule has 12 rings (SSSR count). The number of benzene rings is 7. The van der Waals surface area contributed by atoms with Crippen molar-refractivity contribution in [2.24, 2.45) is 0 Å². The summed E-state index contributed by atoms with van der Waals surface area (Å²) in [6.07, 6.45) is 0. The third kappa shape index (κ3) is 3.69. The van der Waals surface area contributed by atoms with Gasteiger partial charge >= 0.3 is 6.85 Å². The van der Waals surface area contributed by atoms with Gasteiger partial charge in [0.1, 0.15) is 0 Å². The standard InChI is InChI=1S/C50H40BN3/c1-49(2,3)29-23-24-41-36(25-29)38-26-30(50(4,5)6)27-39-37-28-42(52(31-15-9-7-10-16-31)32-17-11-8-12-18-32)43-35-21-13-19-33-34-20-14-22-40-47(34)53(45(33)35)48(43)44(37)51(40)54(41)46(38)39/h7-28H,1-6H3. The molecule has 0 aliphatic carbocycles. The van der Waals surface area contributed by atoms with Gasteiger partial charge in [0, 0.05) is 60.3 Å². The Morgan fingerprint density at radius 3 is 1.80 bits per heavy atom. The van der Waals surface area contributed by atoms with Crippen LogP contribution in [0, 0.1) is 0 Å². The summed E-state index contributed by atoms with van der Waals surface area (Å²) in [6, 6.07) is 50.8. The van der Waals surface area contributed by atoms with Gasteiger partial charge in [0.2, 0.25) is 0 Å². The first-order valence-electron chi connectivity index (χ1n) is 19.4. The molecule has 10 aromatic rings. The predicted octanol–water partition coefficient (Wildman–Crippen LogP) is 12.0. The van der Waals surface area contributed by atoms with Crippen molar-refractivity contribution in [3.63, 3.8) is 0 Å². The van der Waals surface area contributed by atoms with Crippen LogP contribution >= 0.6 is 0 Å². The van der Waals surface area contributed by atoms with Crippen LogP contribution in [0.1, 0.15) is 52.7 Å². The first-order chi connectivity index (χ1) is 26.1. The molecule has 0 N–H and O–H groups in total. The molecule has 0 atom stereocenters. The van der Waals surface area contributed by atoms with E-state index < -0.39 is 0 Å². The number of aromatic nitrogens is 2. The Morgan fingerprint density at radius 1 is 0.481 bits per heavy atom. The highest BCUT2D eigenvalue weighted by atomic mass is 15.1. The van der Waals surface area contributed by atoms with E-state index in [1.807, 2.05) is 0 Å². The summed E-state index contributed by atoms with van der Waals surface area (Å²) in [5.74, 6) is 0. The van der Waals surface area contributed by atoms with Gasteiger partial charge in [-0.15, -0.1) is 0 Å². The van der Waals surface area contributed by atoms with Gasteiger partial charge in [-0.1, -0.05) is 120 Å². The smallest absolute Gasteiger partial charge is 0.333 e. The maximum absolute atomic E-state index is 2.72. The average molecular weight is 694 g/mol. The van der Waals surface area contributed by atoms with E-state index in [1.165, 1.54) is 98.8 Å². The number of rotatable bonds is 3. The van der Waals surface area contributed by atoms with Crippen molar-refractivity contribution in [3.05, 3.63) is 145 Å². The van der Waals surface area contributed by atoms with E-state index in [0.717, 1.165) is 11.4 Å². The van der Waals surface area contributed by atoms with Gasteiger partial charge < -0.3 is 13.8 Å². The largest absolute Gasteiger partial charge is 0.375 e. The highest BCUT2D eigenvalue weighted by Gasteiger charge is 2.43. The highest BCUT2D eigenvalue weighted by Crippen LogP contribution is 2.51. The quantitative estimate of drug-likeness (QED) is 0.168. The zero-order valence-electron chi connectivity index (χ0n) is 31.6. The molecule has 4 heteroatoms. The van der Waals surface area contributed by atoms with Gasteiger partial charge in [0.15, 0.2) is 0 Å². The second-order valence-electron chi connectivity index (χ2n) is 17.8. The Morgan fingerprint density at radius 2 is 1.11 bits per heavy atom. The van der Waals surface area contributed by atoms with Crippen molar-refractivity contribution >= 4 is 94.7 Å². The molecular formula is C50H40BN3. The zero-order valence-corrected chi connectivity index (χ0v) is 31.6. The van der Waals surface area contributed by atoms with Gasteiger partial charge in [0.25, 0.3) is 0 Å². The lowest BCUT2D eigenvalue weighted by molar-refractivity contribution is 0.590. The summed E-state index contributed by atoms with van der Waals surface area (Å²) in [5, 5.41) is 8.01. The lowest BCUT2D eigenvalue weighted by Gasteiger charge is -2.34. The first kappa shape index (κ1) is 30.5. The van der Waals surface area contributed by atoms with Crippen LogP contribution in [-0.2, 0) is 10.8 Å². The molecule has 0 saturated heterocycles. The second-order valence-corrected chi connectivity index (χ2v) is 17.8. The Hall–Kier alpha value is -6.00. The monoisotopic (exact) mass is 693 g/mol. The molecule has 258 valence electrons. The summed E-state index contributed by atoms with van der Waals surface area (Å²) >= 11 is 0. The Kier molecular flexibility index (Phi) is 5.61. The van der Waals surface area contributed by atoms with Gasteiger partial charge in [-0.2, -0.15) is 0 Å². The zero-order chi connectivity index (χ0) is 36.4. The molecule has 3 aromatic heterocycles. The molecule has 5 heterocycles. The van der Waals surface area contributed by atoms with Crippen molar-refractivity contribution in [3.8, 4) is 11.1 Å². The number of fused-ring (bicyclic) bond motifs is 8. The van der Waals surface area contributed by atoms with Crippen molar-refractivity contribution in [1.82, 2.24) is 8.88 Å². The van der Waals surface area contributed by atoms with Crippen LogP contribution in [-0.4, -0.2) is 15.7 Å². The van der Waals surface area contributed by atoms with Crippen molar-refractivity contribution in [2.75, 3.05) is 4.90 Å². The molecule has 0 bridgehead atoms. The molecule has 0 unspecified atom stereocenters. The lowest BCUT2D eigenvalue weighted by Crippen LogP contribution is -2.54. The Labute approximate surface area is 315 Å². The van der Waals surface area contributed by atoms with Crippen molar-refractivity contribution in [1.29, 1.82) is 0 Å². The van der Waals surface area contributed by atoms with Crippen LogP contribution in [0.4, 0.5) is 17.1 Å². The van der Waals surface area contributed by atoms with E-state index in [2.05, 4.69) is 189 Å². The number of hydrogen-bond acceptors (Lipinski definition) is 1. The van der Waals surface area contributed by atoms with Gasteiger partial charge in [-0.05, 0) is 93.0 Å². The minimum Gasteiger partial charge on any atom is -0.375 e. The fourth-order valence-electron chi connectivity index (χ4n) is 10.2. The molecule has 54 heavy (non-hydrogen) atoms. The second kappa shape index (κ2) is 9.95. The van der Waals surface area contributed by atoms with Crippen LogP contribution < -0.4 is 15.8 Å². The van der Waals surface area contributed by atoms with Crippen LogP contribution in [0.5, 0.6) is 0 Å². The summed E-state index contributed by atoms with van der Waals surface area (Å²) in [5.41, 5.74) is 18.4. The summed E-state index contributed by atoms with van der Waals surface area (Å²) in [4.78, 5) is 2.49. The van der Waals surface area contributed by atoms with Crippen molar-refractivity contribution in [2.45, 2.75) is 52.4 Å². The van der Waals surface area contributed by atoms with Gasteiger partial charge in [0.05, 0.1) is 22.2 Å². The number of nitrogens with zero attached hydrogens (tertiary/aromatic N) is 3. The lowest BCUT2D eigenvalue weighted by atomic mass is 9.46. The fraction of sp³-hybridized carbons (Fsp3) is 0.160. The van der Waals surface area contributed by atoms with E-state index in [-0.39, 0.29) is 17.7 Å². The topological polar surface area (TPSA) is 12.6 Å². The summed E-state index contributed by atoms with van der Waals surface area (Å²) < 4.78 is 5.37. The average Bonchev–Trinajstić information content (AvgIpc) is 3.82. The maximum atomic E-state index is 2.72. The fourth-order valence-corrected chi connectivity index (χ4v) is 10.2. The Bertz CT molecular complexity index is 3190. The maximum Gasteiger partial charge on any atom is 0.333 e. The third-order valence-electron chi connectivity index (χ3n) is 12.7. The molecule has 7 aromatic carbocycles. The first-order valence-corrected chi connectivity index (χ1v) is 19.4. The van der Waals surface area contributed by atoms with E-state index in [0.29, 0.717) is 0 Å². The molecule has 0 fully saturated rings. The molecule has 0 radical (unpaired) electrons. The highest BCUT2D eigenvalue weighted by molar-refractivity contribution is 6.91. The molecule has 3 nitrogen and oxygen atoms in total. The molecule has 2 aliphatic rings. The molecular weight excluding hydrogens is 653 g/mol. The van der Waals surface area contributed by atoms with Crippen molar-refractivity contribution < 1.29 is 0 Å². The van der Waals surface area contributed by atoms with Crippen LogP contribution in [0.3, 0.4) is 0 Å². The van der Waals surface area contributed by atoms with E-state index in [9.17, 15) is 0 Å². The van der Waals surface area contributed by atoms with Gasteiger partial charge in [-0.3, -0.25) is 0 Å². The van der Waals surface area contributed by atoms with Crippen LogP contribution in [0.2, 0.25) is 0 Å². The predicted molar refractivity (Wildman–Crippen MR) is 232 cm³/mol. The molecule has 0 saturated carbocycles. The van der Waals surface area contributed by atoms with E-state index in [1.54, 1.807) is 0 Å². The summed E-state index contributed by atoms with van der Waals surface area (Å²) in [6.45, 7) is 14.1. The molecule has 0 spiro atoms.